The Labute approximate surface area is 120 Å². The third-order valence-electron chi connectivity index (χ3n) is 2.29. The lowest BCUT2D eigenvalue weighted by molar-refractivity contribution is -0.113. The summed E-state index contributed by atoms with van der Waals surface area (Å²) in [5.74, 6) is 0.596. The first-order chi connectivity index (χ1) is 9.54. The smallest absolute Gasteiger partial charge is 0.322 e. The Morgan fingerprint density at radius 3 is 2.85 bits per heavy atom. The van der Waals surface area contributed by atoms with Crippen molar-refractivity contribution in [3.05, 3.63) is 24.2 Å². The summed E-state index contributed by atoms with van der Waals surface area (Å²) in [7, 11) is 0. The number of nitrogens with zero attached hydrogens (tertiary/aromatic N) is 3. The molecule has 0 aromatic carbocycles. The van der Waals surface area contributed by atoms with E-state index >= 15 is 0 Å². The van der Waals surface area contributed by atoms with Crippen LogP contribution in [-0.2, 0) is 4.79 Å². The number of nitrogens with one attached hydrogen (secondary N) is 1. The molecule has 0 radical (unpaired) electrons. The zero-order valence-corrected chi connectivity index (χ0v) is 12.0. The van der Waals surface area contributed by atoms with Gasteiger partial charge in [0.15, 0.2) is 0 Å². The van der Waals surface area contributed by atoms with Gasteiger partial charge in [-0.3, -0.25) is 10.1 Å². The summed E-state index contributed by atoms with van der Waals surface area (Å²) < 4.78 is 5.29. The first-order valence-electron chi connectivity index (χ1n) is 6.02. The fraction of sp³-hybridized carbons (Fsp3) is 0.333. The number of nitrogen functional groups attached to an aromatic ring is 1. The Bertz CT molecular complexity index is 582. The number of hydrogen-bond acceptors (Lipinski definition) is 7. The number of hydrogen-bond donors (Lipinski definition) is 2. The van der Waals surface area contributed by atoms with Gasteiger partial charge in [-0.15, -0.1) is 5.10 Å². The van der Waals surface area contributed by atoms with E-state index in [0.29, 0.717) is 11.6 Å². The molecule has 0 unspecified atom stereocenters. The molecule has 2 rings (SSSR count). The molecule has 3 N–H and O–H groups in total. The predicted molar refractivity (Wildman–Crippen MR) is 76.4 cm³/mol. The fourth-order valence-corrected chi connectivity index (χ4v) is 1.93. The van der Waals surface area contributed by atoms with Crippen LogP contribution in [0.4, 0.5) is 11.7 Å². The average molecular weight is 293 g/mol. The highest BCUT2D eigenvalue weighted by Crippen LogP contribution is 2.17. The molecule has 0 saturated heterocycles. The van der Waals surface area contributed by atoms with Crippen molar-refractivity contribution >= 4 is 29.4 Å². The van der Waals surface area contributed by atoms with Crippen LogP contribution in [-0.4, -0.2) is 26.8 Å². The van der Waals surface area contributed by atoms with E-state index in [1.807, 2.05) is 13.8 Å². The van der Waals surface area contributed by atoms with Gasteiger partial charge in [-0.1, -0.05) is 30.7 Å². The largest absolute Gasteiger partial charge is 0.408 e. The molecule has 7 nitrogen and oxygen atoms in total. The molecule has 0 bridgehead atoms. The van der Waals surface area contributed by atoms with Gasteiger partial charge in [0.25, 0.3) is 0 Å². The first-order valence-corrected chi connectivity index (χ1v) is 7.00. The highest BCUT2D eigenvalue weighted by Gasteiger charge is 2.12. The van der Waals surface area contributed by atoms with Gasteiger partial charge in [0.2, 0.25) is 11.8 Å². The number of anilines is 2. The second kappa shape index (κ2) is 6.38. The Balaban J connectivity index is 1.84. The van der Waals surface area contributed by atoms with Crippen molar-refractivity contribution in [2.75, 3.05) is 16.8 Å². The minimum atomic E-state index is -0.229. The topological polar surface area (TPSA) is 107 Å². The lowest BCUT2D eigenvalue weighted by atomic mass is 10.2. The number of amides is 1. The fourth-order valence-electron chi connectivity index (χ4n) is 1.29. The maximum atomic E-state index is 11.7. The SMILES string of the molecule is CC(C)c1nnc(NC(=O)CSc2ccc(N)cn2)o1. The quantitative estimate of drug-likeness (QED) is 0.811. The van der Waals surface area contributed by atoms with E-state index in [9.17, 15) is 4.79 Å². The van der Waals surface area contributed by atoms with Crippen LogP contribution < -0.4 is 11.1 Å². The molecule has 0 saturated carbocycles. The summed E-state index contributed by atoms with van der Waals surface area (Å²) in [6.07, 6.45) is 1.55. The number of rotatable bonds is 5. The molecule has 2 aromatic rings. The maximum absolute atomic E-state index is 11.7. The lowest BCUT2D eigenvalue weighted by Gasteiger charge is -2.01. The number of carbonyl (C=O) groups is 1. The van der Waals surface area contributed by atoms with E-state index in [4.69, 9.17) is 10.2 Å². The normalized spacial score (nSPS) is 10.8. The van der Waals surface area contributed by atoms with Crippen molar-refractivity contribution < 1.29 is 9.21 Å². The highest BCUT2D eigenvalue weighted by molar-refractivity contribution is 7.99. The molecule has 0 aliphatic carbocycles. The molecule has 0 fully saturated rings. The zero-order valence-electron chi connectivity index (χ0n) is 11.2. The zero-order chi connectivity index (χ0) is 14.5. The van der Waals surface area contributed by atoms with E-state index in [-0.39, 0.29) is 23.6 Å². The minimum Gasteiger partial charge on any atom is -0.408 e. The van der Waals surface area contributed by atoms with Gasteiger partial charge in [0.05, 0.1) is 22.7 Å². The second-order valence-electron chi connectivity index (χ2n) is 4.37. The van der Waals surface area contributed by atoms with Crippen LogP contribution in [0.3, 0.4) is 0 Å². The van der Waals surface area contributed by atoms with Crippen LogP contribution in [0.5, 0.6) is 0 Å². The molecule has 106 valence electrons. The molecule has 8 heteroatoms. The molecule has 0 aliphatic rings. The Hall–Kier alpha value is -2.09. The van der Waals surface area contributed by atoms with E-state index < -0.39 is 0 Å². The summed E-state index contributed by atoms with van der Waals surface area (Å²) in [5.41, 5.74) is 6.12. The molecular formula is C12H15N5O2S. The van der Waals surface area contributed by atoms with Crippen LogP contribution in [0.1, 0.15) is 25.7 Å². The Kier molecular flexibility index (Phi) is 4.57. The van der Waals surface area contributed by atoms with Gasteiger partial charge >= 0.3 is 6.01 Å². The van der Waals surface area contributed by atoms with Crippen molar-refractivity contribution in [3.8, 4) is 0 Å². The van der Waals surface area contributed by atoms with E-state index in [1.54, 1.807) is 18.3 Å². The average Bonchev–Trinajstić information content (AvgIpc) is 2.87. The van der Waals surface area contributed by atoms with E-state index in [1.165, 1.54) is 11.8 Å². The van der Waals surface area contributed by atoms with Crippen LogP contribution in [0.25, 0.3) is 0 Å². The van der Waals surface area contributed by atoms with Crippen molar-refractivity contribution in [1.82, 2.24) is 15.2 Å². The predicted octanol–water partition coefficient (Wildman–Crippen LogP) is 1.90. The summed E-state index contributed by atoms with van der Waals surface area (Å²) >= 11 is 1.30. The van der Waals surface area contributed by atoms with E-state index in [0.717, 1.165) is 5.03 Å². The summed E-state index contributed by atoms with van der Waals surface area (Å²) in [6.45, 7) is 3.86. The number of carbonyl (C=O) groups excluding carboxylic acids is 1. The van der Waals surface area contributed by atoms with Gasteiger partial charge in [-0.05, 0) is 12.1 Å². The number of pyridine rings is 1. The highest BCUT2D eigenvalue weighted by atomic mass is 32.2. The summed E-state index contributed by atoms with van der Waals surface area (Å²) in [5, 5.41) is 10.9. The standard InChI is InChI=1S/C12H15N5O2S/c1-7(2)11-16-17-12(19-11)15-9(18)6-20-10-4-3-8(13)5-14-10/h3-5,7H,6,13H2,1-2H3,(H,15,17,18). The molecule has 0 atom stereocenters. The summed E-state index contributed by atoms with van der Waals surface area (Å²) in [6, 6.07) is 3.61. The van der Waals surface area contributed by atoms with Gasteiger partial charge < -0.3 is 10.2 Å². The van der Waals surface area contributed by atoms with Crippen LogP contribution in [0.15, 0.2) is 27.8 Å². The molecule has 1 amide bonds. The number of nitrogens with two attached hydrogens (primary N) is 1. The minimum absolute atomic E-state index is 0.115. The lowest BCUT2D eigenvalue weighted by Crippen LogP contribution is -2.14. The maximum Gasteiger partial charge on any atom is 0.322 e. The molecule has 20 heavy (non-hydrogen) atoms. The Morgan fingerprint density at radius 1 is 1.45 bits per heavy atom. The second-order valence-corrected chi connectivity index (χ2v) is 5.36. The monoisotopic (exact) mass is 293 g/mol. The van der Waals surface area contributed by atoms with Crippen molar-refractivity contribution in [1.29, 1.82) is 0 Å². The third kappa shape index (κ3) is 3.95. The van der Waals surface area contributed by atoms with Gasteiger partial charge in [-0.25, -0.2) is 4.98 Å². The first kappa shape index (κ1) is 14.3. The van der Waals surface area contributed by atoms with Crippen molar-refractivity contribution in [2.45, 2.75) is 24.8 Å². The van der Waals surface area contributed by atoms with Gasteiger partial charge in [-0.2, -0.15) is 0 Å². The van der Waals surface area contributed by atoms with Gasteiger partial charge in [0.1, 0.15) is 0 Å². The Morgan fingerprint density at radius 2 is 2.25 bits per heavy atom. The number of aromatic nitrogens is 3. The molecule has 0 aliphatic heterocycles. The van der Waals surface area contributed by atoms with Crippen LogP contribution in [0.2, 0.25) is 0 Å². The molecule has 0 spiro atoms. The summed E-state index contributed by atoms with van der Waals surface area (Å²) in [4.78, 5) is 15.8. The van der Waals surface area contributed by atoms with Crippen LogP contribution >= 0.6 is 11.8 Å². The van der Waals surface area contributed by atoms with Gasteiger partial charge in [0, 0.05) is 5.92 Å². The van der Waals surface area contributed by atoms with E-state index in [2.05, 4.69) is 20.5 Å². The molecule has 2 aromatic heterocycles. The van der Waals surface area contributed by atoms with Crippen LogP contribution in [0, 0.1) is 0 Å². The number of thioether (sulfide) groups is 1. The molecular weight excluding hydrogens is 278 g/mol. The van der Waals surface area contributed by atoms with Crippen molar-refractivity contribution in [2.24, 2.45) is 0 Å². The molecule has 2 heterocycles. The van der Waals surface area contributed by atoms with Crippen molar-refractivity contribution in [3.63, 3.8) is 0 Å². The third-order valence-corrected chi connectivity index (χ3v) is 3.24.